The van der Waals surface area contributed by atoms with Gasteiger partial charge in [-0.2, -0.15) is 5.10 Å². The third kappa shape index (κ3) is 3.61. The van der Waals surface area contributed by atoms with Crippen molar-refractivity contribution < 1.29 is 14.6 Å². The zero-order chi connectivity index (χ0) is 21.7. The van der Waals surface area contributed by atoms with Crippen LogP contribution in [0.4, 0.5) is 0 Å². The number of hydrogen-bond acceptors (Lipinski definition) is 6. The van der Waals surface area contributed by atoms with Crippen LogP contribution in [0, 0.1) is 11.8 Å². The summed E-state index contributed by atoms with van der Waals surface area (Å²) in [6.45, 7) is 7.22. The average Bonchev–Trinajstić information content (AvgIpc) is 3.46. The van der Waals surface area contributed by atoms with Crippen molar-refractivity contribution in [3.05, 3.63) is 41.3 Å². The van der Waals surface area contributed by atoms with Gasteiger partial charge in [-0.15, -0.1) is 0 Å². The first-order chi connectivity index (χ1) is 14.9. The maximum Gasteiger partial charge on any atom is 0.256 e. The molecule has 3 aliphatic rings. The molecular weight excluding hydrogens is 394 g/mol. The van der Waals surface area contributed by atoms with E-state index in [-0.39, 0.29) is 24.1 Å². The van der Waals surface area contributed by atoms with Crippen LogP contribution in [0.15, 0.2) is 24.5 Å². The van der Waals surface area contributed by atoms with Gasteiger partial charge in [-0.05, 0) is 50.7 Å². The van der Waals surface area contributed by atoms with E-state index in [4.69, 9.17) is 4.74 Å². The molecule has 2 aromatic rings. The van der Waals surface area contributed by atoms with Crippen LogP contribution in [0.1, 0.15) is 54.3 Å². The fourth-order valence-electron chi connectivity index (χ4n) is 5.61. The number of ether oxygens (including phenoxy) is 1. The van der Waals surface area contributed by atoms with Crippen LogP contribution >= 0.6 is 0 Å². The van der Waals surface area contributed by atoms with Gasteiger partial charge in [0.15, 0.2) is 0 Å². The Bertz CT molecular complexity index is 960. The molecule has 1 saturated heterocycles. The number of aromatic nitrogens is 3. The molecular formula is C23H31N5O3. The second kappa shape index (κ2) is 7.91. The predicted octanol–water partition coefficient (Wildman–Crippen LogP) is 2.09. The lowest BCUT2D eigenvalue weighted by Crippen LogP contribution is -2.36. The van der Waals surface area contributed by atoms with E-state index >= 15 is 0 Å². The van der Waals surface area contributed by atoms with Gasteiger partial charge in [0.1, 0.15) is 0 Å². The van der Waals surface area contributed by atoms with Crippen molar-refractivity contribution in [3.63, 3.8) is 0 Å². The number of amides is 1. The largest absolute Gasteiger partial charge is 0.481 e. The van der Waals surface area contributed by atoms with Crippen molar-refractivity contribution in [3.8, 4) is 5.88 Å². The van der Waals surface area contributed by atoms with E-state index in [9.17, 15) is 9.90 Å². The highest BCUT2D eigenvalue weighted by molar-refractivity contribution is 5.98. The SMILES string of the molecule is COc1nc2c(cc1CN1C[C@H]3C[C@@H](n4cccn4)[C@H](O)C[C@H]3C1)C(=O)N(C(C)C)C2. The van der Waals surface area contributed by atoms with E-state index in [1.165, 1.54) is 0 Å². The number of fused-ring (bicyclic) bond motifs is 2. The fraction of sp³-hybridized carbons (Fsp3) is 0.609. The lowest BCUT2D eigenvalue weighted by molar-refractivity contribution is 0.0306. The second-order valence-corrected chi connectivity index (χ2v) is 9.48. The van der Waals surface area contributed by atoms with Crippen molar-refractivity contribution in [2.75, 3.05) is 20.2 Å². The molecule has 1 amide bonds. The lowest BCUT2D eigenvalue weighted by Gasteiger charge is -2.35. The molecule has 1 saturated carbocycles. The van der Waals surface area contributed by atoms with Gasteiger partial charge in [0.05, 0.1) is 37.1 Å². The number of rotatable bonds is 5. The predicted molar refractivity (Wildman–Crippen MR) is 115 cm³/mol. The van der Waals surface area contributed by atoms with Crippen molar-refractivity contribution in [2.24, 2.45) is 11.8 Å². The molecule has 0 bridgehead atoms. The quantitative estimate of drug-likeness (QED) is 0.790. The average molecular weight is 426 g/mol. The fourth-order valence-corrected chi connectivity index (χ4v) is 5.61. The Balaban J connectivity index is 1.32. The zero-order valence-corrected chi connectivity index (χ0v) is 18.4. The maximum atomic E-state index is 12.8. The number of likely N-dealkylation sites (tertiary alicyclic amines) is 1. The molecule has 2 fully saturated rings. The minimum atomic E-state index is -0.364. The number of aliphatic hydroxyl groups excluding tert-OH is 1. The van der Waals surface area contributed by atoms with Gasteiger partial charge in [0, 0.05) is 43.6 Å². The van der Waals surface area contributed by atoms with Crippen molar-refractivity contribution in [1.82, 2.24) is 24.6 Å². The summed E-state index contributed by atoms with van der Waals surface area (Å²) in [6.07, 6.45) is 5.09. The third-order valence-electron chi connectivity index (χ3n) is 7.21. The minimum absolute atomic E-state index is 0.0482. The van der Waals surface area contributed by atoms with Crippen molar-refractivity contribution >= 4 is 5.91 Å². The van der Waals surface area contributed by atoms with Gasteiger partial charge >= 0.3 is 0 Å². The van der Waals surface area contributed by atoms with Gasteiger partial charge in [-0.1, -0.05) is 0 Å². The Labute approximate surface area is 182 Å². The van der Waals surface area contributed by atoms with Gasteiger partial charge in [0.2, 0.25) is 5.88 Å². The van der Waals surface area contributed by atoms with Gasteiger partial charge in [-0.3, -0.25) is 14.4 Å². The van der Waals surface area contributed by atoms with E-state index in [2.05, 4.69) is 15.0 Å². The first-order valence-corrected chi connectivity index (χ1v) is 11.2. The summed E-state index contributed by atoms with van der Waals surface area (Å²) < 4.78 is 7.50. The number of aliphatic hydroxyl groups is 1. The third-order valence-corrected chi connectivity index (χ3v) is 7.21. The molecule has 31 heavy (non-hydrogen) atoms. The highest BCUT2D eigenvalue weighted by atomic mass is 16.5. The smallest absolute Gasteiger partial charge is 0.256 e. The van der Waals surface area contributed by atoms with Crippen LogP contribution < -0.4 is 4.74 Å². The van der Waals surface area contributed by atoms with Crippen LogP contribution in [0.25, 0.3) is 0 Å². The number of hydrogen-bond donors (Lipinski definition) is 1. The highest BCUT2D eigenvalue weighted by Crippen LogP contribution is 2.42. The van der Waals surface area contributed by atoms with E-state index in [0.717, 1.165) is 37.2 Å². The summed E-state index contributed by atoms with van der Waals surface area (Å²) in [4.78, 5) is 21.8. The van der Waals surface area contributed by atoms with Gasteiger partial charge < -0.3 is 14.7 Å². The number of carbonyl (C=O) groups excluding carboxylic acids is 1. The molecule has 166 valence electrons. The molecule has 2 aromatic heterocycles. The molecule has 0 spiro atoms. The molecule has 0 radical (unpaired) electrons. The Morgan fingerprint density at radius 2 is 2.03 bits per heavy atom. The highest BCUT2D eigenvalue weighted by Gasteiger charge is 2.42. The Morgan fingerprint density at radius 3 is 2.71 bits per heavy atom. The zero-order valence-electron chi connectivity index (χ0n) is 18.4. The first-order valence-electron chi connectivity index (χ1n) is 11.2. The van der Waals surface area contributed by atoms with Crippen LogP contribution in [0.3, 0.4) is 0 Å². The van der Waals surface area contributed by atoms with Crippen LogP contribution in [0.2, 0.25) is 0 Å². The topological polar surface area (TPSA) is 83.7 Å². The molecule has 1 aliphatic carbocycles. The molecule has 0 aromatic carbocycles. The first kappa shape index (κ1) is 20.5. The Hall–Kier alpha value is -2.45. The van der Waals surface area contributed by atoms with Crippen molar-refractivity contribution in [2.45, 2.75) is 58.0 Å². The molecule has 2 aliphatic heterocycles. The lowest BCUT2D eigenvalue weighted by atomic mass is 9.77. The van der Waals surface area contributed by atoms with Crippen LogP contribution in [0.5, 0.6) is 5.88 Å². The van der Waals surface area contributed by atoms with Crippen LogP contribution in [-0.4, -0.2) is 67.9 Å². The van der Waals surface area contributed by atoms with Crippen LogP contribution in [-0.2, 0) is 13.1 Å². The summed E-state index contributed by atoms with van der Waals surface area (Å²) in [5.41, 5.74) is 2.47. The Morgan fingerprint density at radius 1 is 1.26 bits per heavy atom. The molecule has 8 nitrogen and oxygen atoms in total. The van der Waals surface area contributed by atoms with E-state index in [1.807, 2.05) is 41.8 Å². The molecule has 4 heterocycles. The molecule has 4 atom stereocenters. The molecule has 1 N–H and O–H groups in total. The summed E-state index contributed by atoms with van der Waals surface area (Å²) in [7, 11) is 1.64. The molecule has 5 rings (SSSR count). The number of nitrogens with zero attached hydrogens (tertiary/aromatic N) is 5. The number of methoxy groups -OCH3 is 1. The summed E-state index contributed by atoms with van der Waals surface area (Å²) in [5.74, 6) is 1.68. The normalized spacial score (nSPS) is 28.3. The van der Waals surface area contributed by atoms with Crippen molar-refractivity contribution in [1.29, 1.82) is 0 Å². The standard InChI is InChI=1S/C23H31N5O3/c1-14(2)27-13-19-18(23(27)30)7-17(22(25-19)31-3)12-26-10-15-8-20(28-6-4-5-24-28)21(29)9-16(15)11-26/h4-7,14-16,20-21,29H,8-13H2,1-3H3/t15-,16+,20-,21-/m1/s1. The maximum absolute atomic E-state index is 12.8. The number of carbonyl (C=O) groups is 1. The minimum Gasteiger partial charge on any atom is -0.481 e. The second-order valence-electron chi connectivity index (χ2n) is 9.48. The monoisotopic (exact) mass is 425 g/mol. The van der Waals surface area contributed by atoms with E-state index in [0.29, 0.717) is 36.4 Å². The summed E-state index contributed by atoms with van der Waals surface area (Å²) >= 11 is 0. The van der Waals surface area contributed by atoms with Gasteiger partial charge in [-0.25, -0.2) is 4.98 Å². The summed E-state index contributed by atoms with van der Waals surface area (Å²) in [6, 6.07) is 4.09. The van der Waals surface area contributed by atoms with Gasteiger partial charge in [0.25, 0.3) is 5.91 Å². The van der Waals surface area contributed by atoms with E-state index < -0.39 is 0 Å². The number of pyridine rings is 1. The molecule has 8 heteroatoms. The Kier molecular flexibility index (Phi) is 5.22. The molecule has 0 unspecified atom stereocenters. The summed E-state index contributed by atoms with van der Waals surface area (Å²) in [5, 5.41) is 15.1. The van der Waals surface area contributed by atoms with E-state index in [1.54, 1.807) is 13.3 Å².